The number of hydrogen-bond acceptors (Lipinski definition) is 4. The molecule has 0 saturated carbocycles. The van der Waals surface area contributed by atoms with Crippen LogP contribution in [0.1, 0.15) is 13.8 Å². The molecule has 0 bridgehead atoms. The van der Waals surface area contributed by atoms with E-state index in [1.54, 1.807) is 0 Å². The van der Waals surface area contributed by atoms with Crippen LogP contribution in [0.15, 0.2) is 0 Å². The minimum Gasteiger partial charge on any atom is -0.475 e. The summed E-state index contributed by atoms with van der Waals surface area (Å²) >= 11 is 0. The van der Waals surface area contributed by atoms with Crippen molar-refractivity contribution in [3.63, 3.8) is 0 Å². The topological polar surface area (TPSA) is 52.6 Å². The van der Waals surface area contributed by atoms with E-state index in [9.17, 15) is 35.9 Å². The SMILES string of the molecule is CC(=O)O[Si](OC(C)=O)(C(F)(F)F)C(F)(F)F. The Morgan fingerprint density at radius 3 is 1.18 bits per heavy atom. The van der Waals surface area contributed by atoms with Crippen molar-refractivity contribution in [2.75, 3.05) is 0 Å². The second-order valence-corrected chi connectivity index (χ2v) is 5.57. The molecule has 17 heavy (non-hydrogen) atoms. The molecule has 100 valence electrons. The third-order valence-electron chi connectivity index (χ3n) is 1.32. The molecule has 0 aromatic carbocycles. The molecule has 0 aliphatic heterocycles. The average Bonchev–Trinajstić information content (AvgIpc) is 1.96. The summed E-state index contributed by atoms with van der Waals surface area (Å²) < 4.78 is 80.8. The van der Waals surface area contributed by atoms with Crippen LogP contribution in [-0.4, -0.2) is 32.1 Å². The zero-order chi connectivity index (χ0) is 14.1. The van der Waals surface area contributed by atoms with Crippen LogP contribution in [0.3, 0.4) is 0 Å². The largest absolute Gasteiger partial charge is 0.689 e. The molecule has 11 heteroatoms. The van der Waals surface area contributed by atoms with Gasteiger partial charge >= 0.3 is 20.2 Å². The predicted octanol–water partition coefficient (Wildman–Crippen LogP) is 1.76. The fourth-order valence-corrected chi connectivity index (χ4v) is 2.45. The molecular formula is C6H6F6O4Si. The molecule has 0 radical (unpaired) electrons. The summed E-state index contributed by atoms with van der Waals surface area (Å²) in [5.41, 5.74) is 0. The van der Waals surface area contributed by atoms with Gasteiger partial charge in [-0.3, -0.25) is 9.59 Å². The van der Waals surface area contributed by atoms with Gasteiger partial charge in [0.15, 0.2) is 0 Å². The third-order valence-corrected chi connectivity index (χ3v) is 3.96. The van der Waals surface area contributed by atoms with Crippen molar-refractivity contribution in [3.8, 4) is 0 Å². The van der Waals surface area contributed by atoms with Crippen LogP contribution < -0.4 is 0 Å². The van der Waals surface area contributed by atoms with Gasteiger partial charge in [0, 0.05) is 13.8 Å². The first-order chi connectivity index (χ1) is 7.33. The van der Waals surface area contributed by atoms with Crippen LogP contribution in [0, 0.1) is 0 Å². The van der Waals surface area contributed by atoms with E-state index in [-0.39, 0.29) is 0 Å². The van der Waals surface area contributed by atoms with Gasteiger partial charge in [0.05, 0.1) is 0 Å². The van der Waals surface area contributed by atoms with E-state index < -0.39 is 32.1 Å². The molecule has 0 spiro atoms. The fraction of sp³-hybridized carbons (Fsp3) is 0.667. The Hall–Kier alpha value is -1.26. The lowest BCUT2D eigenvalue weighted by Crippen LogP contribution is -2.68. The Labute approximate surface area is 91.7 Å². The monoisotopic (exact) mass is 284 g/mol. The fourth-order valence-electron chi connectivity index (χ4n) is 0.818. The summed E-state index contributed by atoms with van der Waals surface area (Å²) in [4.78, 5) is 20.7. The van der Waals surface area contributed by atoms with Gasteiger partial charge in [-0.1, -0.05) is 0 Å². The minimum atomic E-state index is -7.02. The maximum absolute atomic E-state index is 12.4. The van der Waals surface area contributed by atoms with Crippen molar-refractivity contribution >= 4 is 20.5 Å². The van der Waals surface area contributed by atoms with E-state index in [0.29, 0.717) is 13.8 Å². The summed E-state index contributed by atoms with van der Waals surface area (Å²) in [5, 5.41) is 0. The van der Waals surface area contributed by atoms with Crippen molar-refractivity contribution in [2.45, 2.75) is 25.4 Å². The molecule has 4 nitrogen and oxygen atoms in total. The number of carbonyl (C=O) groups is 2. The first-order valence-corrected chi connectivity index (χ1v) is 5.68. The van der Waals surface area contributed by atoms with Crippen molar-refractivity contribution < 1.29 is 44.8 Å². The molecule has 0 rings (SSSR count). The van der Waals surface area contributed by atoms with E-state index in [4.69, 9.17) is 0 Å². The molecule has 0 amide bonds. The van der Waals surface area contributed by atoms with Gasteiger partial charge in [-0.25, -0.2) is 0 Å². The zero-order valence-corrected chi connectivity index (χ0v) is 9.40. The normalized spacial score (nSPS) is 13.2. The molecule has 0 saturated heterocycles. The molecule has 0 aliphatic carbocycles. The summed E-state index contributed by atoms with van der Waals surface area (Å²) in [5.74, 6) is -15.7. The smallest absolute Gasteiger partial charge is 0.475 e. The third kappa shape index (κ3) is 3.34. The molecule has 0 aromatic rings. The first-order valence-electron chi connectivity index (χ1n) is 3.86. The maximum atomic E-state index is 12.4. The van der Waals surface area contributed by atoms with Gasteiger partial charge in [0.1, 0.15) is 0 Å². The zero-order valence-electron chi connectivity index (χ0n) is 8.40. The highest BCUT2D eigenvalue weighted by molar-refractivity contribution is 6.74. The summed E-state index contributed by atoms with van der Waals surface area (Å²) in [7, 11) is -7.02. The van der Waals surface area contributed by atoms with E-state index in [2.05, 4.69) is 8.85 Å². The second kappa shape index (κ2) is 4.54. The molecule has 0 unspecified atom stereocenters. The Kier molecular flexibility index (Phi) is 4.21. The van der Waals surface area contributed by atoms with Crippen molar-refractivity contribution in [1.82, 2.24) is 0 Å². The van der Waals surface area contributed by atoms with E-state index in [0.717, 1.165) is 0 Å². The number of rotatable bonds is 2. The van der Waals surface area contributed by atoms with Gasteiger partial charge in [-0.15, -0.1) is 0 Å². The second-order valence-electron chi connectivity index (χ2n) is 2.80. The Balaban J connectivity index is 5.71. The summed E-state index contributed by atoms with van der Waals surface area (Å²) in [6.07, 6.45) is 0. The van der Waals surface area contributed by atoms with Gasteiger partial charge in [0.25, 0.3) is 11.9 Å². The minimum absolute atomic E-state index is 0.350. The van der Waals surface area contributed by atoms with Gasteiger partial charge < -0.3 is 8.85 Å². The molecule has 0 aromatic heterocycles. The molecule has 0 aliphatic rings. The quantitative estimate of drug-likeness (QED) is 0.572. The predicted molar refractivity (Wildman–Crippen MR) is 41.4 cm³/mol. The standard InChI is InChI=1S/C6H6F6O4Si/c1-3(13)15-17(5(7,8)9,6(10,11)12)16-4(2)14/h1-2H3. The lowest BCUT2D eigenvalue weighted by Gasteiger charge is -2.30. The lowest BCUT2D eigenvalue weighted by molar-refractivity contribution is -0.182. The van der Waals surface area contributed by atoms with Gasteiger partial charge in [-0.05, 0) is 0 Å². The number of halogens is 6. The average molecular weight is 284 g/mol. The van der Waals surface area contributed by atoms with Crippen LogP contribution in [0.2, 0.25) is 0 Å². The highest BCUT2D eigenvalue weighted by Gasteiger charge is 2.85. The van der Waals surface area contributed by atoms with Gasteiger partial charge in [-0.2, -0.15) is 26.3 Å². The van der Waals surface area contributed by atoms with Crippen molar-refractivity contribution in [3.05, 3.63) is 0 Å². The van der Waals surface area contributed by atoms with Crippen LogP contribution in [0.25, 0.3) is 0 Å². The van der Waals surface area contributed by atoms with Crippen LogP contribution in [-0.2, 0) is 18.4 Å². The Morgan fingerprint density at radius 2 is 1.06 bits per heavy atom. The van der Waals surface area contributed by atoms with Crippen LogP contribution in [0.4, 0.5) is 26.3 Å². The van der Waals surface area contributed by atoms with Crippen molar-refractivity contribution in [1.29, 1.82) is 0 Å². The van der Waals surface area contributed by atoms with Crippen LogP contribution in [0.5, 0.6) is 0 Å². The molecule has 0 fully saturated rings. The summed E-state index contributed by atoms with van der Waals surface area (Å²) in [6, 6.07) is 0. The van der Waals surface area contributed by atoms with Crippen LogP contribution >= 0.6 is 0 Å². The number of alkyl halides is 6. The first kappa shape index (κ1) is 15.7. The summed E-state index contributed by atoms with van der Waals surface area (Å²) in [6.45, 7) is 0.700. The van der Waals surface area contributed by atoms with E-state index >= 15 is 0 Å². The molecule has 0 heterocycles. The highest BCUT2D eigenvalue weighted by atomic mass is 28.4. The molecule has 0 N–H and O–H groups in total. The van der Waals surface area contributed by atoms with E-state index in [1.165, 1.54) is 0 Å². The highest BCUT2D eigenvalue weighted by Crippen LogP contribution is 2.42. The van der Waals surface area contributed by atoms with Gasteiger partial charge in [0.2, 0.25) is 0 Å². The Bertz CT molecular complexity index is 289. The number of carbonyl (C=O) groups excluding carboxylic acids is 2. The molecular weight excluding hydrogens is 278 g/mol. The van der Waals surface area contributed by atoms with Crippen molar-refractivity contribution in [2.24, 2.45) is 0 Å². The maximum Gasteiger partial charge on any atom is 0.689 e. The lowest BCUT2D eigenvalue weighted by atomic mass is 10.9. The Morgan fingerprint density at radius 1 is 0.824 bits per heavy atom. The van der Waals surface area contributed by atoms with E-state index in [1.807, 2.05) is 0 Å². The molecule has 0 atom stereocenters. The number of hydrogen-bond donors (Lipinski definition) is 0.